The Hall–Kier alpha value is -2.92. The van der Waals surface area contributed by atoms with Crippen LogP contribution in [0.2, 0.25) is 10.0 Å². The van der Waals surface area contributed by atoms with Gasteiger partial charge in [-0.25, -0.2) is 13.2 Å². The van der Waals surface area contributed by atoms with Crippen molar-refractivity contribution >= 4 is 50.5 Å². The lowest BCUT2D eigenvalue weighted by Crippen LogP contribution is -2.46. The van der Waals surface area contributed by atoms with Crippen LogP contribution in [0.3, 0.4) is 0 Å². The average molecular weight is 648 g/mol. The molecule has 3 aromatic rings. The molecule has 1 unspecified atom stereocenters. The summed E-state index contributed by atoms with van der Waals surface area (Å²) < 4.78 is 36.1. The van der Waals surface area contributed by atoms with Gasteiger partial charge in [0.1, 0.15) is 23.1 Å². The van der Waals surface area contributed by atoms with E-state index >= 15 is 0 Å². The van der Waals surface area contributed by atoms with Crippen LogP contribution in [0.25, 0.3) is 11.3 Å². The predicted molar refractivity (Wildman–Crippen MR) is 163 cm³/mol. The molecule has 2 bridgehead atoms. The third-order valence-electron chi connectivity index (χ3n) is 8.49. The predicted octanol–water partition coefficient (Wildman–Crippen LogP) is 5.86. The fraction of sp³-hybridized carbons (Fsp3) is 0.452. The lowest BCUT2D eigenvalue weighted by atomic mass is 9.98. The van der Waals surface area contributed by atoms with E-state index in [4.69, 9.17) is 37.6 Å². The SMILES string of the molecule is O=C(CS(=O)(=O)CCCO)c1ccc(N2[C@@H]3CC[C@H]2CC(OC(=O)c2c(-c4c(Cl)cccc4Cl)noc2C2CC2)C3)cc1. The van der Waals surface area contributed by atoms with Crippen LogP contribution in [0.5, 0.6) is 0 Å². The Kier molecular flexibility index (Phi) is 8.56. The Morgan fingerprint density at radius 3 is 2.26 bits per heavy atom. The number of aliphatic hydroxyl groups is 1. The number of halogens is 2. The molecular formula is C31H32Cl2N2O7S. The maximum absolute atomic E-state index is 13.7. The van der Waals surface area contributed by atoms with E-state index in [0.717, 1.165) is 31.4 Å². The van der Waals surface area contributed by atoms with Crippen LogP contribution in [0.4, 0.5) is 5.69 Å². The van der Waals surface area contributed by atoms with E-state index in [1.807, 2.05) is 12.1 Å². The fourth-order valence-corrected chi connectivity index (χ4v) is 8.19. The summed E-state index contributed by atoms with van der Waals surface area (Å²) in [5, 5.41) is 13.9. The Labute approximate surface area is 260 Å². The number of hydrogen-bond donors (Lipinski definition) is 1. The van der Waals surface area contributed by atoms with Gasteiger partial charge >= 0.3 is 5.97 Å². The minimum atomic E-state index is -3.57. The van der Waals surface area contributed by atoms with Gasteiger partial charge in [-0.3, -0.25) is 4.79 Å². The number of fused-ring (bicyclic) bond motifs is 2. The monoisotopic (exact) mass is 646 g/mol. The smallest absolute Gasteiger partial charge is 0.344 e. The van der Waals surface area contributed by atoms with Crippen LogP contribution in [-0.2, 0) is 14.6 Å². The van der Waals surface area contributed by atoms with Gasteiger partial charge in [0.15, 0.2) is 21.4 Å². The number of benzene rings is 2. The van der Waals surface area contributed by atoms with Crippen LogP contribution in [0.15, 0.2) is 47.0 Å². The van der Waals surface area contributed by atoms with E-state index < -0.39 is 27.3 Å². The molecule has 12 heteroatoms. The molecule has 2 aliphatic heterocycles. The first-order valence-corrected chi connectivity index (χ1v) is 17.1. The number of nitrogens with zero attached hydrogens (tertiary/aromatic N) is 2. The van der Waals surface area contributed by atoms with Gasteiger partial charge < -0.3 is 19.3 Å². The van der Waals surface area contributed by atoms with Crippen LogP contribution < -0.4 is 4.90 Å². The lowest BCUT2D eigenvalue weighted by Gasteiger charge is -2.40. The number of sulfone groups is 1. The fourth-order valence-electron chi connectivity index (χ4n) is 6.33. The molecule has 43 heavy (non-hydrogen) atoms. The Balaban J connectivity index is 1.15. The molecule has 2 aromatic carbocycles. The van der Waals surface area contributed by atoms with Crippen molar-refractivity contribution in [2.75, 3.05) is 23.0 Å². The van der Waals surface area contributed by atoms with Crippen molar-refractivity contribution in [3.63, 3.8) is 0 Å². The minimum absolute atomic E-state index is 0.111. The number of Topliss-reactive ketones (excluding diaryl/α,β-unsaturated/α-hetero) is 1. The van der Waals surface area contributed by atoms with Gasteiger partial charge in [0.25, 0.3) is 0 Å². The first-order valence-electron chi connectivity index (χ1n) is 14.5. The number of carbonyl (C=O) groups excluding carboxylic acids is 2. The summed E-state index contributed by atoms with van der Waals surface area (Å²) in [6.45, 7) is -0.235. The quantitative estimate of drug-likeness (QED) is 0.201. The molecule has 3 heterocycles. The van der Waals surface area contributed by atoms with E-state index in [2.05, 4.69) is 10.1 Å². The number of ether oxygens (including phenoxy) is 1. The van der Waals surface area contributed by atoms with Crippen LogP contribution in [0, 0.1) is 0 Å². The zero-order valence-electron chi connectivity index (χ0n) is 23.4. The summed E-state index contributed by atoms with van der Waals surface area (Å²) in [7, 11) is -3.57. The van der Waals surface area contributed by atoms with E-state index in [1.54, 1.807) is 30.3 Å². The first kappa shape index (κ1) is 30.1. The maximum Gasteiger partial charge on any atom is 0.344 e. The van der Waals surface area contributed by atoms with E-state index in [9.17, 15) is 18.0 Å². The van der Waals surface area contributed by atoms with Gasteiger partial charge in [0.05, 0.1) is 15.8 Å². The number of ketones is 1. The Morgan fingerprint density at radius 2 is 1.65 bits per heavy atom. The normalized spacial score (nSPS) is 21.7. The molecule has 2 saturated heterocycles. The summed E-state index contributed by atoms with van der Waals surface area (Å²) in [5.74, 6) is -1.10. The van der Waals surface area contributed by atoms with Gasteiger partial charge in [-0.15, -0.1) is 0 Å². The highest BCUT2D eigenvalue weighted by atomic mass is 35.5. The number of aromatic nitrogens is 1. The van der Waals surface area contributed by atoms with Crippen molar-refractivity contribution in [3.8, 4) is 11.3 Å². The molecular weight excluding hydrogens is 615 g/mol. The molecule has 228 valence electrons. The number of rotatable bonds is 11. The van der Waals surface area contributed by atoms with Gasteiger partial charge in [-0.05, 0) is 68.5 Å². The number of carbonyl (C=O) groups is 2. The molecule has 3 fully saturated rings. The van der Waals surface area contributed by atoms with Crippen LogP contribution in [0.1, 0.15) is 77.3 Å². The van der Waals surface area contributed by atoms with Crippen molar-refractivity contribution in [3.05, 3.63) is 69.4 Å². The highest BCUT2D eigenvalue weighted by Crippen LogP contribution is 2.47. The number of anilines is 1. The number of esters is 1. The molecule has 1 aliphatic carbocycles. The molecule has 0 radical (unpaired) electrons. The van der Waals surface area contributed by atoms with Crippen molar-refractivity contribution in [1.29, 1.82) is 0 Å². The molecule has 1 saturated carbocycles. The topological polar surface area (TPSA) is 127 Å². The minimum Gasteiger partial charge on any atom is -0.458 e. The Bertz CT molecular complexity index is 1600. The number of hydrogen-bond acceptors (Lipinski definition) is 9. The highest BCUT2D eigenvalue weighted by Gasteiger charge is 2.44. The molecule has 1 N–H and O–H groups in total. The van der Waals surface area contributed by atoms with Crippen molar-refractivity contribution < 1.29 is 32.4 Å². The third-order valence-corrected chi connectivity index (χ3v) is 10.7. The van der Waals surface area contributed by atoms with Crippen LogP contribution >= 0.6 is 23.2 Å². The highest BCUT2D eigenvalue weighted by molar-refractivity contribution is 7.92. The molecule has 6 rings (SSSR count). The van der Waals surface area contributed by atoms with Gasteiger partial charge in [-0.2, -0.15) is 0 Å². The zero-order chi connectivity index (χ0) is 30.3. The molecule has 3 atom stereocenters. The van der Waals surface area contributed by atoms with Crippen molar-refractivity contribution in [2.24, 2.45) is 0 Å². The lowest BCUT2D eigenvalue weighted by molar-refractivity contribution is 0.0202. The van der Waals surface area contributed by atoms with Crippen LogP contribution in [-0.4, -0.2) is 66.7 Å². The summed E-state index contributed by atoms with van der Waals surface area (Å²) in [6.07, 6.45) is 4.85. The number of piperidine rings is 1. The summed E-state index contributed by atoms with van der Waals surface area (Å²) in [5.41, 5.74) is 2.34. The zero-order valence-corrected chi connectivity index (χ0v) is 25.7. The van der Waals surface area contributed by atoms with Gasteiger partial charge in [-0.1, -0.05) is 34.4 Å². The van der Waals surface area contributed by atoms with E-state index in [1.165, 1.54) is 0 Å². The number of aliphatic hydroxyl groups excluding tert-OH is 1. The standard InChI is InChI=1S/C31H32Cl2N2O7S/c32-24-3-1-4-25(33)27(24)29-28(30(42-34-29)19-5-6-19)31(38)41-23-15-21-11-12-22(16-23)35(21)20-9-7-18(8-10-20)26(37)17-43(39,40)14-2-13-36/h1,3-4,7-10,19,21-23,36H,2,5-6,11-17H2/t21-,22+,23?. The molecule has 9 nitrogen and oxygen atoms in total. The van der Waals surface area contributed by atoms with Gasteiger partial charge in [0, 0.05) is 54.3 Å². The average Bonchev–Trinajstić information content (AvgIpc) is 3.67. The molecule has 1 aromatic heterocycles. The maximum atomic E-state index is 13.7. The summed E-state index contributed by atoms with van der Waals surface area (Å²) in [4.78, 5) is 28.6. The van der Waals surface area contributed by atoms with E-state index in [0.29, 0.717) is 51.0 Å². The second-order valence-electron chi connectivity index (χ2n) is 11.6. The summed E-state index contributed by atoms with van der Waals surface area (Å²) in [6, 6.07) is 12.5. The largest absolute Gasteiger partial charge is 0.458 e. The summed E-state index contributed by atoms with van der Waals surface area (Å²) >= 11 is 12.9. The Morgan fingerprint density at radius 1 is 1.00 bits per heavy atom. The van der Waals surface area contributed by atoms with E-state index in [-0.39, 0.29) is 42.9 Å². The second-order valence-corrected chi connectivity index (χ2v) is 14.6. The third kappa shape index (κ3) is 6.34. The van der Waals surface area contributed by atoms with Crippen molar-refractivity contribution in [2.45, 2.75) is 69.1 Å². The molecule has 0 amide bonds. The second kappa shape index (κ2) is 12.2. The molecule has 0 spiro atoms. The van der Waals surface area contributed by atoms with Gasteiger partial charge in [0.2, 0.25) is 0 Å². The molecule has 3 aliphatic rings. The van der Waals surface area contributed by atoms with Crippen molar-refractivity contribution in [1.82, 2.24) is 5.16 Å². The first-order chi connectivity index (χ1) is 20.6.